The standard InChI is InChI=1S/C21H32O/c1-13-12-21(4)14(2)5-8-18(21)17-7-6-15-11-16(22)9-10-20(15,3)19(13)17/h11,13-14,17-19H,5-10,12H2,1-4H3/t13-,14?,17?,18?,19?,20?,21?/m0/s1. The molecule has 0 aliphatic heterocycles. The summed E-state index contributed by atoms with van der Waals surface area (Å²) < 4.78 is 0. The monoisotopic (exact) mass is 300 g/mol. The summed E-state index contributed by atoms with van der Waals surface area (Å²) in [5.74, 6) is 4.78. The van der Waals surface area contributed by atoms with Gasteiger partial charge in [0, 0.05) is 6.42 Å². The summed E-state index contributed by atoms with van der Waals surface area (Å²) in [5, 5.41) is 0. The van der Waals surface area contributed by atoms with Crippen molar-refractivity contribution < 1.29 is 4.79 Å². The minimum absolute atomic E-state index is 0.323. The van der Waals surface area contributed by atoms with E-state index in [1.165, 1.54) is 37.7 Å². The lowest BCUT2D eigenvalue weighted by Crippen LogP contribution is -2.53. The van der Waals surface area contributed by atoms with Gasteiger partial charge in [-0.1, -0.05) is 33.3 Å². The van der Waals surface area contributed by atoms with E-state index < -0.39 is 0 Å². The van der Waals surface area contributed by atoms with Crippen molar-refractivity contribution >= 4 is 5.78 Å². The zero-order valence-corrected chi connectivity index (χ0v) is 14.8. The summed E-state index contributed by atoms with van der Waals surface area (Å²) >= 11 is 0. The highest BCUT2D eigenvalue weighted by Gasteiger charge is 2.60. The van der Waals surface area contributed by atoms with E-state index in [0.717, 1.165) is 42.4 Å². The quantitative estimate of drug-likeness (QED) is 0.585. The van der Waals surface area contributed by atoms with Crippen LogP contribution in [0.2, 0.25) is 0 Å². The van der Waals surface area contributed by atoms with Crippen LogP contribution in [0, 0.1) is 40.4 Å². The zero-order valence-electron chi connectivity index (χ0n) is 14.8. The molecule has 0 bridgehead atoms. The molecule has 4 aliphatic rings. The molecule has 6 unspecified atom stereocenters. The highest BCUT2D eigenvalue weighted by atomic mass is 16.1. The highest BCUT2D eigenvalue weighted by molar-refractivity contribution is 5.91. The molecule has 0 heterocycles. The number of hydrogen-bond donors (Lipinski definition) is 0. The van der Waals surface area contributed by atoms with E-state index in [9.17, 15) is 4.79 Å². The van der Waals surface area contributed by atoms with Crippen molar-refractivity contribution in [1.29, 1.82) is 0 Å². The summed E-state index contributed by atoms with van der Waals surface area (Å²) in [7, 11) is 0. The average Bonchev–Trinajstić information content (AvgIpc) is 2.75. The average molecular weight is 300 g/mol. The Balaban J connectivity index is 1.74. The molecule has 4 aliphatic carbocycles. The van der Waals surface area contributed by atoms with E-state index in [1.54, 1.807) is 0 Å². The first-order valence-corrected chi connectivity index (χ1v) is 9.60. The fourth-order valence-electron chi connectivity index (χ4n) is 7.52. The van der Waals surface area contributed by atoms with Crippen LogP contribution in [-0.2, 0) is 4.79 Å². The van der Waals surface area contributed by atoms with E-state index in [1.807, 2.05) is 6.08 Å². The largest absolute Gasteiger partial charge is 0.295 e. The maximum atomic E-state index is 11.9. The maximum absolute atomic E-state index is 11.9. The number of hydrogen-bond acceptors (Lipinski definition) is 1. The minimum Gasteiger partial charge on any atom is -0.295 e. The first-order valence-electron chi connectivity index (χ1n) is 9.60. The smallest absolute Gasteiger partial charge is 0.155 e. The van der Waals surface area contributed by atoms with Gasteiger partial charge >= 0.3 is 0 Å². The Morgan fingerprint density at radius 3 is 2.64 bits per heavy atom. The number of carbonyl (C=O) groups is 1. The van der Waals surface area contributed by atoms with Crippen LogP contribution in [0.1, 0.15) is 72.6 Å². The van der Waals surface area contributed by atoms with Gasteiger partial charge in [0.05, 0.1) is 0 Å². The van der Waals surface area contributed by atoms with Crippen molar-refractivity contribution in [1.82, 2.24) is 0 Å². The van der Waals surface area contributed by atoms with Crippen LogP contribution in [0.4, 0.5) is 0 Å². The molecule has 0 aromatic rings. The molecular weight excluding hydrogens is 268 g/mol. The molecule has 0 spiro atoms. The number of fused-ring (bicyclic) bond motifs is 5. The van der Waals surface area contributed by atoms with Crippen LogP contribution in [-0.4, -0.2) is 5.78 Å². The first-order chi connectivity index (χ1) is 10.4. The van der Waals surface area contributed by atoms with Gasteiger partial charge in [-0.3, -0.25) is 4.79 Å². The Hall–Kier alpha value is -0.590. The predicted octanol–water partition coefficient (Wildman–Crippen LogP) is 5.40. The van der Waals surface area contributed by atoms with E-state index in [2.05, 4.69) is 27.7 Å². The number of rotatable bonds is 0. The Kier molecular flexibility index (Phi) is 3.20. The SMILES string of the molecule is CC1CCC2C3CCC4=CC(=O)CCC4(C)C3[C@@H](C)CC12C. The second kappa shape index (κ2) is 4.71. The third-order valence-corrected chi connectivity index (χ3v) is 8.68. The third-order valence-electron chi connectivity index (χ3n) is 8.68. The van der Waals surface area contributed by atoms with Crippen LogP contribution in [0.15, 0.2) is 11.6 Å². The Labute approximate surface area is 135 Å². The molecule has 0 aromatic heterocycles. The van der Waals surface area contributed by atoms with Gasteiger partial charge in [-0.2, -0.15) is 0 Å². The van der Waals surface area contributed by atoms with Crippen LogP contribution < -0.4 is 0 Å². The summed E-state index contributed by atoms with van der Waals surface area (Å²) in [6.45, 7) is 10.1. The fraction of sp³-hybridized carbons (Fsp3) is 0.857. The van der Waals surface area contributed by atoms with Crippen molar-refractivity contribution in [3.8, 4) is 0 Å². The molecule has 4 rings (SSSR count). The lowest BCUT2D eigenvalue weighted by atomic mass is 9.44. The molecule has 0 aromatic carbocycles. The van der Waals surface area contributed by atoms with Crippen molar-refractivity contribution in [2.45, 2.75) is 72.6 Å². The molecule has 1 nitrogen and oxygen atoms in total. The predicted molar refractivity (Wildman–Crippen MR) is 90.4 cm³/mol. The number of ketones is 1. The molecule has 7 atom stereocenters. The van der Waals surface area contributed by atoms with Gasteiger partial charge in [0.25, 0.3) is 0 Å². The van der Waals surface area contributed by atoms with E-state index in [4.69, 9.17) is 0 Å². The van der Waals surface area contributed by atoms with Crippen LogP contribution in [0.3, 0.4) is 0 Å². The molecule has 0 N–H and O–H groups in total. The van der Waals surface area contributed by atoms with Gasteiger partial charge in [0.1, 0.15) is 0 Å². The molecule has 22 heavy (non-hydrogen) atoms. The number of allylic oxidation sites excluding steroid dienone is 1. The molecule has 0 saturated heterocycles. The van der Waals surface area contributed by atoms with Gasteiger partial charge in [-0.15, -0.1) is 0 Å². The van der Waals surface area contributed by atoms with Crippen molar-refractivity contribution in [3.05, 3.63) is 11.6 Å². The fourth-order valence-corrected chi connectivity index (χ4v) is 7.52. The van der Waals surface area contributed by atoms with Crippen LogP contribution >= 0.6 is 0 Å². The number of carbonyl (C=O) groups excluding carboxylic acids is 1. The Bertz CT molecular complexity index is 532. The van der Waals surface area contributed by atoms with Gasteiger partial charge < -0.3 is 0 Å². The summed E-state index contributed by atoms with van der Waals surface area (Å²) in [5.41, 5.74) is 2.41. The second-order valence-electron chi connectivity index (χ2n) is 9.55. The topological polar surface area (TPSA) is 17.1 Å². The maximum Gasteiger partial charge on any atom is 0.155 e. The van der Waals surface area contributed by atoms with Gasteiger partial charge in [-0.05, 0) is 85.0 Å². The van der Waals surface area contributed by atoms with Crippen LogP contribution in [0.25, 0.3) is 0 Å². The molecule has 1 heteroatoms. The van der Waals surface area contributed by atoms with Crippen molar-refractivity contribution in [2.75, 3.05) is 0 Å². The third kappa shape index (κ3) is 1.80. The summed E-state index contributed by atoms with van der Waals surface area (Å²) in [6.07, 6.45) is 10.8. The molecule has 3 saturated carbocycles. The normalized spacial score (nSPS) is 54.3. The van der Waals surface area contributed by atoms with E-state index in [-0.39, 0.29) is 0 Å². The second-order valence-corrected chi connectivity index (χ2v) is 9.55. The van der Waals surface area contributed by atoms with Gasteiger partial charge in [-0.25, -0.2) is 0 Å². The lowest BCUT2D eigenvalue weighted by molar-refractivity contribution is -0.119. The van der Waals surface area contributed by atoms with Crippen LogP contribution in [0.5, 0.6) is 0 Å². The Morgan fingerprint density at radius 1 is 1.09 bits per heavy atom. The molecule has 122 valence electrons. The van der Waals surface area contributed by atoms with Gasteiger partial charge in [0.2, 0.25) is 0 Å². The molecule has 0 amide bonds. The van der Waals surface area contributed by atoms with Gasteiger partial charge in [0.15, 0.2) is 5.78 Å². The molecule has 3 fully saturated rings. The van der Waals surface area contributed by atoms with E-state index >= 15 is 0 Å². The minimum atomic E-state index is 0.323. The molecular formula is C21H32O. The Morgan fingerprint density at radius 2 is 1.86 bits per heavy atom. The first kappa shape index (κ1) is 15.0. The van der Waals surface area contributed by atoms with Crippen molar-refractivity contribution in [2.24, 2.45) is 40.4 Å². The summed E-state index contributed by atoms with van der Waals surface area (Å²) in [6, 6.07) is 0. The summed E-state index contributed by atoms with van der Waals surface area (Å²) in [4.78, 5) is 11.9. The zero-order chi connectivity index (χ0) is 15.7. The molecule has 0 radical (unpaired) electrons. The van der Waals surface area contributed by atoms with Crippen molar-refractivity contribution in [3.63, 3.8) is 0 Å². The van der Waals surface area contributed by atoms with E-state index in [0.29, 0.717) is 16.6 Å². The highest BCUT2D eigenvalue weighted by Crippen LogP contribution is 2.67. The lowest BCUT2D eigenvalue weighted by Gasteiger charge is -2.60.